The number of likely N-dealkylation sites (N-methyl/N-ethyl adjacent to an activating group) is 1. The lowest BCUT2D eigenvalue weighted by Gasteiger charge is -2.21. The Kier molecular flexibility index (Phi) is 7.32. The molecule has 9 heteroatoms. The van der Waals surface area contributed by atoms with E-state index in [1.54, 1.807) is 37.9 Å². The number of ether oxygens (including phenoxy) is 3. The molecule has 0 aliphatic heterocycles. The zero-order valence-electron chi connectivity index (χ0n) is 19.2. The Morgan fingerprint density at radius 1 is 1.12 bits per heavy atom. The highest BCUT2D eigenvalue weighted by atomic mass is 19.1. The number of amides is 1. The summed E-state index contributed by atoms with van der Waals surface area (Å²) in [5, 5.41) is 4.28. The molecule has 0 saturated heterocycles. The molecule has 0 N–H and O–H groups in total. The van der Waals surface area contributed by atoms with E-state index < -0.39 is 23.8 Å². The Hall–Kier alpha value is -3.88. The molecule has 1 amide bonds. The van der Waals surface area contributed by atoms with Crippen molar-refractivity contribution < 1.29 is 28.2 Å². The van der Waals surface area contributed by atoms with Gasteiger partial charge in [-0.2, -0.15) is 5.10 Å². The summed E-state index contributed by atoms with van der Waals surface area (Å²) in [6.07, 6.45) is 0.352. The minimum absolute atomic E-state index is 0.124. The van der Waals surface area contributed by atoms with Gasteiger partial charge in [0.25, 0.3) is 5.91 Å². The smallest absolute Gasteiger partial charge is 0.342 e. The van der Waals surface area contributed by atoms with Gasteiger partial charge in [-0.1, -0.05) is 18.2 Å². The van der Waals surface area contributed by atoms with Crippen molar-refractivity contribution in [2.45, 2.75) is 26.5 Å². The SMILES string of the molecule is COc1ccc(CN(C)C(=O)C(C)OC(=O)c2cnn(-c3ccccc3OC)c2C)cc1F. The van der Waals surface area contributed by atoms with Crippen molar-refractivity contribution in [3.05, 3.63) is 71.3 Å². The van der Waals surface area contributed by atoms with Crippen LogP contribution in [-0.2, 0) is 16.1 Å². The zero-order chi connectivity index (χ0) is 24.1. The van der Waals surface area contributed by atoms with Crippen molar-refractivity contribution >= 4 is 11.9 Å². The van der Waals surface area contributed by atoms with Gasteiger partial charge in [0.2, 0.25) is 0 Å². The number of halogens is 1. The number of carbonyl (C=O) groups excluding carboxylic acids is 2. The molecule has 0 spiro atoms. The molecule has 1 unspecified atom stereocenters. The summed E-state index contributed by atoms with van der Waals surface area (Å²) in [7, 11) is 4.49. The highest BCUT2D eigenvalue weighted by molar-refractivity contribution is 5.93. The van der Waals surface area contributed by atoms with Crippen LogP contribution in [-0.4, -0.2) is 53.9 Å². The van der Waals surface area contributed by atoms with Gasteiger partial charge >= 0.3 is 5.97 Å². The lowest BCUT2D eigenvalue weighted by Crippen LogP contribution is -2.37. The van der Waals surface area contributed by atoms with Gasteiger partial charge in [-0.25, -0.2) is 13.9 Å². The fourth-order valence-electron chi connectivity index (χ4n) is 3.40. The summed E-state index contributed by atoms with van der Waals surface area (Å²) >= 11 is 0. The number of para-hydroxylation sites is 2. The molecule has 8 nitrogen and oxygen atoms in total. The van der Waals surface area contributed by atoms with Crippen molar-refractivity contribution in [2.75, 3.05) is 21.3 Å². The van der Waals surface area contributed by atoms with E-state index in [9.17, 15) is 14.0 Å². The highest BCUT2D eigenvalue weighted by Crippen LogP contribution is 2.24. The number of esters is 1. The van der Waals surface area contributed by atoms with Crippen molar-refractivity contribution in [1.82, 2.24) is 14.7 Å². The van der Waals surface area contributed by atoms with Crippen molar-refractivity contribution in [3.8, 4) is 17.2 Å². The number of carbonyl (C=O) groups is 2. The van der Waals surface area contributed by atoms with Crippen LogP contribution in [0.2, 0.25) is 0 Å². The second-order valence-corrected chi connectivity index (χ2v) is 7.44. The Balaban J connectivity index is 1.68. The van der Waals surface area contributed by atoms with Gasteiger partial charge in [-0.05, 0) is 43.7 Å². The number of nitrogens with zero attached hydrogens (tertiary/aromatic N) is 3. The van der Waals surface area contributed by atoms with Gasteiger partial charge < -0.3 is 19.1 Å². The molecule has 0 saturated carbocycles. The molecular formula is C24H26FN3O5. The fourth-order valence-corrected chi connectivity index (χ4v) is 3.40. The van der Waals surface area contributed by atoms with Crippen molar-refractivity contribution in [3.63, 3.8) is 0 Å². The number of hydrogen-bond donors (Lipinski definition) is 0. The summed E-state index contributed by atoms with van der Waals surface area (Å²) in [6.45, 7) is 3.37. The van der Waals surface area contributed by atoms with Crippen LogP contribution in [0.15, 0.2) is 48.7 Å². The third kappa shape index (κ3) is 5.14. The predicted octanol–water partition coefficient (Wildman–Crippen LogP) is 3.54. The van der Waals surface area contributed by atoms with Gasteiger partial charge in [0.1, 0.15) is 17.0 Å². The van der Waals surface area contributed by atoms with Gasteiger partial charge in [-0.3, -0.25) is 4.79 Å². The zero-order valence-corrected chi connectivity index (χ0v) is 19.2. The largest absolute Gasteiger partial charge is 0.494 e. The Labute approximate surface area is 191 Å². The molecule has 0 radical (unpaired) electrons. The van der Waals surface area contributed by atoms with Crippen LogP contribution in [0.4, 0.5) is 4.39 Å². The van der Waals surface area contributed by atoms with E-state index in [0.29, 0.717) is 22.7 Å². The standard InChI is InChI=1S/C24H26FN3O5/c1-15-18(13-26-28(15)20-8-6-7-9-22(20)32-5)24(30)33-16(2)23(29)27(3)14-17-10-11-21(31-4)19(25)12-17/h6-13,16H,14H2,1-5H3. The van der Waals surface area contributed by atoms with E-state index in [1.165, 1.54) is 37.3 Å². The van der Waals surface area contributed by atoms with E-state index in [1.807, 2.05) is 18.2 Å². The third-order valence-corrected chi connectivity index (χ3v) is 5.19. The van der Waals surface area contributed by atoms with Crippen LogP contribution in [0.1, 0.15) is 28.5 Å². The molecule has 174 valence electrons. The molecule has 1 heterocycles. The van der Waals surface area contributed by atoms with E-state index in [4.69, 9.17) is 14.2 Å². The molecular weight excluding hydrogens is 429 g/mol. The summed E-state index contributed by atoms with van der Waals surface area (Å²) in [6, 6.07) is 11.7. The second-order valence-electron chi connectivity index (χ2n) is 7.44. The number of methoxy groups -OCH3 is 2. The maximum Gasteiger partial charge on any atom is 0.342 e. The molecule has 0 fully saturated rings. The number of rotatable bonds is 8. The summed E-state index contributed by atoms with van der Waals surface area (Å²) in [5.74, 6) is -0.881. The average molecular weight is 455 g/mol. The molecule has 2 aromatic carbocycles. The number of aromatic nitrogens is 2. The maximum atomic E-state index is 13.9. The van der Waals surface area contributed by atoms with Crippen LogP contribution in [0, 0.1) is 12.7 Å². The van der Waals surface area contributed by atoms with Crippen molar-refractivity contribution in [2.24, 2.45) is 0 Å². The Bertz CT molecular complexity index is 1160. The van der Waals surface area contributed by atoms with Crippen molar-refractivity contribution in [1.29, 1.82) is 0 Å². The summed E-state index contributed by atoms with van der Waals surface area (Å²) in [5.41, 5.74) is 2.04. The van der Waals surface area contributed by atoms with Crippen LogP contribution >= 0.6 is 0 Å². The number of hydrogen-bond acceptors (Lipinski definition) is 6. The number of benzene rings is 2. The summed E-state index contributed by atoms with van der Waals surface area (Å²) < 4.78 is 31.1. The minimum Gasteiger partial charge on any atom is -0.494 e. The van der Waals surface area contributed by atoms with Gasteiger partial charge in [0.05, 0.1) is 26.1 Å². The van der Waals surface area contributed by atoms with Crippen LogP contribution < -0.4 is 9.47 Å². The van der Waals surface area contributed by atoms with Crippen LogP contribution in [0.5, 0.6) is 11.5 Å². The molecule has 0 bridgehead atoms. The van der Waals surface area contributed by atoms with Crippen LogP contribution in [0.25, 0.3) is 5.69 Å². The van der Waals surface area contributed by atoms with Gasteiger partial charge in [0.15, 0.2) is 17.7 Å². The first-order valence-electron chi connectivity index (χ1n) is 10.2. The first kappa shape index (κ1) is 23.8. The first-order chi connectivity index (χ1) is 15.8. The van der Waals surface area contributed by atoms with Gasteiger partial charge in [-0.15, -0.1) is 0 Å². The highest BCUT2D eigenvalue weighted by Gasteiger charge is 2.25. The maximum absolute atomic E-state index is 13.9. The lowest BCUT2D eigenvalue weighted by atomic mass is 10.2. The quantitative estimate of drug-likeness (QED) is 0.483. The second kappa shape index (κ2) is 10.2. The monoisotopic (exact) mass is 455 g/mol. The van der Waals surface area contributed by atoms with E-state index in [-0.39, 0.29) is 17.9 Å². The van der Waals surface area contributed by atoms with E-state index in [0.717, 1.165) is 0 Å². The topological polar surface area (TPSA) is 82.9 Å². The minimum atomic E-state index is -1.04. The fraction of sp³-hybridized carbons (Fsp3) is 0.292. The Morgan fingerprint density at radius 3 is 2.48 bits per heavy atom. The van der Waals surface area contributed by atoms with Crippen LogP contribution in [0.3, 0.4) is 0 Å². The third-order valence-electron chi connectivity index (χ3n) is 5.19. The molecule has 33 heavy (non-hydrogen) atoms. The summed E-state index contributed by atoms with van der Waals surface area (Å²) in [4.78, 5) is 26.8. The lowest BCUT2D eigenvalue weighted by molar-refractivity contribution is -0.139. The average Bonchev–Trinajstić information content (AvgIpc) is 3.19. The Morgan fingerprint density at radius 2 is 1.82 bits per heavy atom. The molecule has 1 aromatic heterocycles. The molecule has 0 aliphatic rings. The molecule has 3 aromatic rings. The molecule has 1 atom stereocenters. The predicted molar refractivity (Wildman–Crippen MR) is 119 cm³/mol. The van der Waals surface area contributed by atoms with Gasteiger partial charge in [0, 0.05) is 13.6 Å². The van der Waals surface area contributed by atoms with E-state index >= 15 is 0 Å². The first-order valence-corrected chi connectivity index (χ1v) is 10.2. The normalized spacial score (nSPS) is 11.6. The van der Waals surface area contributed by atoms with E-state index in [2.05, 4.69) is 5.10 Å². The molecule has 3 rings (SSSR count). The molecule has 0 aliphatic carbocycles.